The fourth-order valence-electron chi connectivity index (χ4n) is 3.64. The zero-order chi connectivity index (χ0) is 18.1. The normalized spacial score (nSPS) is 27.8. The molecule has 2 amide bonds. The Labute approximate surface area is 137 Å². The van der Waals surface area contributed by atoms with Crippen LogP contribution >= 0.6 is 0 Å². The SMILES string of the molecule is NCC(=O)N1CCCC12CC(O)N(C(CCC(=O)O)C(=O)O)C2=O. The second-order valence-electron chi connectivity index (χ2n) is 6.07. The van der Waals surface area contributed by atoms with E-state index in [1.807, 2.05) is 0 Å². The molecular formula is C14H21N3O7. The summed E-state index contributed by atoms with van der Waals surface area (Å²) in [5.74, 6) is -3.69. The van der Waals surface area contributed by atoms with Crippen LogP contribution in [0.5, 0.6) is 0 Å². The maximum absolute atomic E-state index is 12.9. The van der Waals surface area contributed by atoms with Gasteiger partial charge in [0.2, 0.25) is 5.91 Å². The van der Waals surface area contributed by atoms with Gasteiger partial charge in [0, 0.05) is 19.4 Å². The van der Waals surface area contributed by atoms with Crippen molar-refractivity contribution < 1.29 is 34.5 Å². The van der Waals surface area contributed by atoms with Crippen LogP contribution < -0.4 is 5.73 Å². The number of rotatable bonds is 6. The summed E-state index contributed by atoms with van der Waals surface area (Å²) < 4.78 is 0. The third kappa shape index (κ3) is 2.94. The number of aliphatic hydroxyl groups excluding tert-OH is 1. The fraction of sp³-hybridized carbons (Fsp3) is 0.714. The Morgan fingerprint density at radius 1 is 1.33 bits per heavy atom. The van der Waals surface area contributed by atoms with E-state index in [0.717, 1.165) is 4.90 Å². The van der Waals surface area contributed by atoms with E-state index < -0.39 is 48.0 Å². The minimum atomic E-state index is -1.46. The molecule has 0 aromatic heterocycles. The van der Waals surface area contributed by atoms with Gasteiger partial charge in [-0.3, -0.25) is 14.4 Å². The number of likely N-dealkylation sites (tertiary alicyclic amines) is 2. The Kier molecular flexibility index (Phi) is 5.09. The molecule has 0 saturated carbocycles. The van der Waals surface area contributed by atoms with Crippen LogP contribution in [0, 0.1) is 0 Å². The lowest BCUT2D eigenvalue weighted by Crippen LogP contribution is -2.56. The average molecular weight is 343 g/mol. The molecule has 24 heavy (non-hydrogen) atoms. The Hall–Kier alpha value is -2.20. The van der Waals surface area contributed by atoms with Crippen LogP contribution in [0.3, 0.4) is 0 Å². The first-order valence-electron chi connectivity index (χ1n) is 7.70. The van der Waals surface area contributed by atoms with Gasteiger partial charge in [-0.2, -0.15) is 0 Å². The summed E-state index contributed by atoms with van der Waals surface area (Å²) in [7, 11) is 0. The van der Waals surface area contributed by atoms with Crippen molar-refractivity contribution in [3.05, 3.63) is 0 Å². The molecule has 0 aliphatic carbocycles. The minimum absolute atomic E-state index is 0.103. The van der Waals surface area contributed by atoms with Crippen LogP contribution in [-0.2, 0) is 19.2 Å². The minimum Gasteiger partial charge on any atom is -0.481 e. The van der Waals surface area contributed by atoms with Gasteiger partial charge < -0.3 is 30.9 Å². The third-order valence-electron chi connectivity index (χ3n) is 4.69. The van der Waals surface area contributed by atoms with Gasteiger partial charge in [0.05, 0.1) is 6.54 Å². The van der Waals surface area contributed by atoms with Crippen molar-refractivity contribution in [3.8, 4) is 0 Å². The molecule has 2 rings (SSSR count). The quantitative estimate of drug-likeness (QED) is 0.438. The zero-order valence-corrected chi connectivity index (χ0v) is 13.1. The van der Waals surface area contributed by atoms with Gasteiger partial charge in [-0.15, -0.1) is 0 Å². The Balaban J connectivity index is 2.29. The summed E-state index contributed by atoms with van der Waals surface area (Å²) in [4.78, 5) is 49.2. The summed E-state index contributed by atoms with van der Waals surface area (Å²) in [6.45, 7) is 0.0295. The molecule has 0 aromatic carbocycles. The number of amides is 2. The third-order valence-corrected chi connectivity index (χ3v) is 4.69. The Bertz CT molecular complexity index is 567. The lowest BCUT2D eigenvalue weighted by molar-refractivity contribution is -0.158. The second-order valence-corrected chi connectivity index (χ2v) is 6.07. The number of carboxylic acids is 2. The molecule has 2 aliphatic rings. The molecule has 2 aliphatic heterocycles. The van der Waals surface area contributed by atoms with E-state index in [1.54, 1.807) is 0 Å². The number of carboxylic acid groups (broad SMARTS) is 2. The summed E-state index contributed by atoms with van der Waals surface area (Å²) in [6.07, 6.45) is -1.41. The lowest BCUT2D eigenvalue weighted by Gasteiger charge is -2.34. The van der Waals surface area contributed by atoms with Crippen LogP contribution in [0.1, 0.15) is 32.1 Å². The smallest absolute Gasteiger partial charge is 0.326 e. The molecule has 1 spiro atoms. The number of hydrogen-bond donors (Lipinski definition) is 4. The second kappa shape index (κ2) is 6.73. The first-order chi connectivity index (χ1) is 11.2. The van der Waals surface area contributed by atoms with Crippen LogP contribution in [0.15, 0.2) is 0 Å². The van der Waals surface area contributed by atoms with E-state index >= 15 is 0 Å². The number of carbonyl (C=O) groups excluding carboxylic acids is 2. The highest BCUT2D eigenvalue weighted by Gasteiger charge is 2.60. The Morgan fingerprint density at radius 2 is 2.00 bits per heavy atom. The summed E-state index contributed by atoms with van der Waals surface area (Å²) >= 11 is 0. The zero-order valence-electron chi connectivity index (χ0n) is 13.1. The van der Waals surface area contributed by atoms with Gasteiger partial charge in [0.15, 0.2) is 0 Å². The molecule has 134 valence electrons. The highest BCUT2D eigenvalue weighted by Crippen LogP contribution is 2.42. The van der Waals surface area contributed by atoms with Gasteiger partial charge >= 0.3 is 11.9 Å². The number of aliphatic carboxylic acids is 2. The van der Waals surface area contributed by atoms with Crippen molar-refractivity contribution in [1.29, 1.82) is 0 Å². The summed E-state index contributed by atoms with van der Waals surface area (Å²) in [5, 5.41) is 28.3. The van der Waals surface area contributed by atoms with E-state index in [4.69, 9.17) is 10.8 Å². The van der Waals surface area contributed by atoms with Crippen LogP contribution in [-0.4, -0.2) is 79.8 Å². The van der Waals surface area contributed by atoms with E-state index in [9.17, 15) is 29.4 Å². The number of aliphatic hydroxyl groups is 1. The molecule has 0 radical (unpaired) electrons. The van der Waals surface area contributed by atoms with Crippen molar-refractivity contribution in [3.63, 3.8) is 0 Å². The molecule has 10 nitrogen and oxygen atoms in total. The van der Waals surface area contributed by atoms with Crippen molar-refractivity contribution in [1.82, 2.24) is 9.80 Å². The predicted molar refractivity (Wildman–Crippen MR) is 78.5 cm³/mol. The molecule has 2 saturated heterocycles. The summed E-state index contributed by atoms with van der Waals surface area (Å²) in [5.41, 5.74) is 4.08. The van der Waals surface area contributed by atoms with Gasteiger partial charge in [-0.25, -0.2) is 4.79 Å². The molecule has 5 N–H and O–H groups in total. The van der Waals surface area contributed by atoms with Gasteiger partial charge in [-0.05, 0) is 19.3 Å². The molecule has 0 bridgehead atoms. The molecular weight excluding hydrogens is 322 g/mol. The van der Waals surface area contributed by atoms with E-state index in [2.05, 4.69) is 0 Å². The average Bonchev–Trinajstić information content (AvgIpc) is 3.03. The van der Waals surface area contributed by atoms with Crippen molar-refractivity contribution in [2.75, 3.05) is 13.1 Å². The number of nitrogens with zero attached hydrogens (tertiary/aromatic N) is 2. The predicted octanol–water partition coefficient (Wildman–Crippen LogP) is -1.82. The fourth-order valence-corrected chi connectivity index (χ4v) is 3.64. The largest absolute Gasteiger partial charge is 0.481 e. The molecule has 3 atom stereocenters. The maximum Gasteiger partial charge on any atom is 0.326 e. The van der Waals surface area contributed by atoms with E-state index in [1.165, 1.54) is 4.90 Å². The van der Waals surface area contributed by atoms with Crippen molar-refractivity contribution in [2.24, 2.45) is 5.73 Å². The van der Waals surface area contributed by atoms with Crippen molar-refractivity contribution in [2.45, 2.75) is 49.9 Å². The number of carbonyl (C=O) groups is 4. The van der Waals surface area contributed by atoms with Gasteiger partial charge in [-0.1, -0.05) is 0 Å². The standard InChI is InChI=1S/C14H21N3O7/c15-7-10(19)16-5-1-4-14(16)6-9(18)17(13(14)24)8(12(22)23)2-3-11(20)21/h8-9,18H,1-7,15H2,(H,20,21)(H,22,23). The van der Waals surface area contributed by atoms with Crippen LogP contribution in [0.25, 0.3) is 0 Å². The van der Waals surface area contributed by atoms with Gasteiger partial charge in [0.1, 0.15) is 17.8 Å². The van der Waals surface area contributed by atoms with E-state index in [-0.39, 0.29) is 19.4 Å². The number of hydrogen-bond acceptors (Lipinski definition) is 6. The molecule has 10 heteroatoms. The van der Waals surface area contributed by atoms with E-state index in [0.29, 0.717) is 19.4 Å². The van der Waals surface area contributed by atoms with Crippen molar-refractivity contribution >= 4 is 23.8 Å². The van der Waals surface area contributed by atoms with Crippen LogP contribution in [0.4, 0.5) is 0 Å². The topological polar surface area (TPSA) is 161 Å². The molecule has 0 aromatic rings. The number of nitrogens with two attached hydrogens (primary N) is 1. The lowest BCUT2D eigenvalue weighted by atomic mass is 9.93. The molecule has 3 unspecified atom stereocenters. The van der Waals surface area contributed by atoms with Gasteiger partial charge in [0.25, 0.3) is 5.91 Å². The highest BCUT2D eigenvalue weighted by molar-refractivity contribution is 5.96. The first-order valence-corrected chi connectivity index (χ1v) is 7.70. The summed E-state index contributed by atoms with van der Waals surface area (Å²) in [6, 6.07) is -1.46. The highest BCUT2D eigenvalue weighted by atomic mass is 16.4. The Morgan fingerprint density at radius 3 is 2.54 bits per heavy atom. The first kappa shape index (κ1) is 18.1. The molecule has 2 fully saturated rings. The van der Waals surface area contributed by atoms with Crippen LogP contribution in [0.2, 0.25) is 0 Å². The molecule has 2 heterocycles. The maximum atomic E-state index is 12.9. The monoisotopic (exact) mass is 343 g/mol.